The quantitative estimate of drug-likeness (QED) is 0.494. The molecule has 1 aromatic heterocycles. The van der Waals surface area contributed by atoms with Crippen LogP contribution in [0.2, 0.25) is 0 Å². The molecule has 0 saturated heterocycles. The summed E-state index contributed by atoms with van der Waals surface area (Å²) in [6, 6.07) is 9.93. The van der Waals surface area contributed by atoms with Crippen molar-refractivity contribution in [3.05, 3.63) is 64.9 Å². The topological polar surface area (TPSA) is 4.93 Å². The summed E-state index contributed by atoms with van der Waals surface area (Å²) in [5.74, 6) is -0.173. The minimum atomic E-state index is -0.238. The van der Waals surface area contributed by atoms with Crippen LogP contribution >= 0.6 is 0 Å². The van der Waals surface area contributed by atoms with Crippen LogP contribution in [0.15, 0.2) is 36.4 Å². The summed E-state index contributed by atoms with van der Waals surface area (Å²) in [6.45, 7) is 12.0. The maximum atomic E-state index is 13.6. The molecule has 1 heterocycles. The minimum Gasteiger partial charge on any atom is -0.313 e. The van der Waals surface area contributed by atoms with E-state index in [4.69, 9.17) is 0 Å². The first-order chi connectivity index (χ1) is 11.4. The van der Waals surface area contributed by atoms with Crippen LogP contribution < -0.4 is 0 Å². The largest absolute Gasteiger partial charge is 0.313 e. The van der Waals surface area contributed by atoms with Gasteiger partial charge < -0.3 is 4.57 Å². The van der Waals surface area contributed by atoms with Gasteiger partial charge in [0.05, 0.1) is 5.52 Å². The van der Waals surface area contributed by atoms with Gasteiger partial charge in [0.15, 0.2) is 0 Å². The summed E-state index contributed by atoms with van der Waals surface area (Å²) < 4.78 is 29.3. The number of hydrogen-bond donors (Lipinski definition) is 0. The Morgan fingerprint density at radius 2 is 1.58 bits per heavy atom. The number of benzene rings is 2. The van der Waals surface area contributed by atoms with Crippen molar-refractivity contribution in [1.29, 1.82) is 0 Å². The standard InChI is InChI=1S/C19H19F2N.C2H6/c1-11(2)19-13(4)16-10-14(20)5-8-18(16)22(19)15-6-7-17(21)12(3)9-15;1-2/h5-11H,1-4H3;1-2H3. The molecule has 24 heavy (non-hydrogen) atoms. The highest BCUT2D eigenvalue weighted by Crippen LogP contribution is 2.34. The van der Waals surface area contributed by atoms with E-state index >= 15 is 0 Å². The third-order valence-electron chi connectivity index (χ3n) is 4.18. The molecule has 3 aromatic rings. The molecular weight excluding hydrogens is 304 g/mol. The maximum Gasteiger partial charge on any atom is 0.126 e. The van der Waals surface area contributed by atoms with E-state index < -0.39 is 0 Å². The monoisotopic (exact) mass is 329 g/mol. The van der Waals surface area contributed by atoms with E-state index in [-0.39, 0.29) is 17.6 Å². The fourth-order valence-electron chi connectivity index (χ4n) is 3.18. The summed E-state index contributed by atoms with van der Waals surface area (Å²) in [5.41, 5.74) is 4.67. The van der Waals surface area contributed by atoms with Gasteiger partial charge in [-0.2, -0.15) is 0 Å². The highest BCUT2D eigenvalue weighted by molar-refractivity contribution is 5.87. The van der Waals surface area contributed by atoms with Crippen LogP contribution in [0, 0.1) is 25.5 Å². The highest BCUT2D eigenvalue weighted by Gasteiger charge is 2.18. The number of halogens is 2. The Kier molecular flexibility index (Phi) is 5.43. The Labute approximate surface area is 142 Å². The molecule has 2 aromatic carbocycles. The van der Waals surface area contributed by atoms with Crippen LogP contribution in [-0.4, -0.2) is 4.57 Å². The molecule has 0 saturated carbocycles. The van der Waals surface area contributed by atoms with Crippen LogP contribution in [0.3, 0.4) is 0 Å². The Balaban J connectivity index is 0.00000100. The zero-order valence-electron chi connectivity index (χ0n) is 15.2. The molecule has 0 radical (unpaired) electrons. The molecule has 3 rings (SSSR count). The Bertz CT molecular complexity index is 860. The first-order valence-electron chi connectivity index (χ1n) is 8.47. The average molecular weight is 329 g/mol. The van der Waals surface area contributed by atoms with Crippen LogP contribution in [0.4, 0.5) is 8.78 Å². The molecule has 0 fully saturated rings. The summed E-state index contributed by atoms with van der Waals surface area (Å²) in [5, 5.41) is 0.908. The Hall–Kier alpha value is -2.16. The number of aromatic nitrogens is 1. The molecule has 0 amide bonds. The maximum absolute atomic E-state index is 13.6. The number of nitrogens with zero attached hydrogens (tertiary/aromatic N) is 1. The van der Waals surface area contributed by atoms with Crippen molar-refractivity contribution < 1.29 is 8.78 Å². The Morgan fingerprint density at radius 1 is 0.917 bits per heavy atom. The lowest BCUT2D eigenvalue weighted by molar-refractivity contribution is 0.618. The molecule has 0 aliphatic carbocycles. The van der Waals surface area contributed by atoms with Crippen molar-refractivity contribution in [1.82, 2.24) is 4.57 Å². The number of fused-ring (bicyclic) bond motifs is 1. The zero-order valence-corrected chi connectivity index (χ0v) is 15.2. The van der Waals surface area contributed by atoms with Gasteiger partial charge in [-0.05, 0) is 67.3 Å². The molecular formula is C21H25F2N. The zero-order chi connectivity index (χ0) is 18.0. The molecule has 0 N–H and O–H groups in total. The third kappa shape index (κ3) is 3.08. The molecule has 0 unspecified atom stereocenters. The first kappa shape index (κ1) is 18.2. The van der Waals surface area contributed by atoms with Crippen LogP contribution in [0.1, 0.15) is 50.4 Å². The van der Waals surface area contributed by atoms with Crippen LogP contribution in [0.5, 0.6) is 0 Å². The fourth-order valence-corrected chi connectivity index (χ4v) is 3.18. The van der Waals surface area contributed by atoms with Gasteiger partial charge in [0.1, 0.15) is 11.6 Å². The molecule has 3 heteroatoms. The van der Waals surface area contributed by atoms with Gasteiger partial charge in [0, 0.05) is 16.8 Å². The second-order valence-corrected chi connectivity index (χ2v) is 6.10. The Morgan fingerprint density at radius 3 is 2.17 bits per heavy atom. The van der Waals surface area contributed by atoms with Crippen molar-refractivity contribution in [3.8, 4) is 5.69 Å². The van der Waals surface area contributed by atoms with Gasteiger partial charge >= 0.3 is 0 Å². The van der Waals surface area contributed by atoms with E-state index in [9.17, 15) is 8.78 Å². The van der Waals surface area contributed by atoms with E-state index in [0.717, 1.165) is 27.8 Å². The van der Waals surface area contributed by atoms with Crippen molar-refractivity contribution in [3.63, 3.8) is 0 Å². The minimum absolute atomic E-state index is 0.214. The van der Waals surface area contributed by atoms with Gasteiger partial charge in [0.2, 0.25) is 0 Å². The van der Waals surface area contributed by atoms with Crippen LogP contribution in [-0.2, 0) is 0 Å². The second-order valence-electron chi connectivity index (χ2n) is 6.10. The van der Waals surface area contributed by atoms with Crippen molar-refractivity contribution in [2.45, 2.75) is 47.5 Å². The van der Waals surface area contributed by atoms with Gasteiger partial charge in [0.25, 0.3) is 0 Å². The highest BCUT2D eigenvalue weighted by atomic mass is 19.1. The normalized spacial score (nSPS) is 10.9. The molecule has 0 aliphatic heterocycles. The molecule has 0 bridgehead atoms. The van der Waals surface area contributed by atoms with E-state index in [1.807, 2.05) is 26.8 Å². The lowest BCUT2D eigenvalue weighted by atomic mass is 10.0. The summed E-state index contributed by atoms with van der Waals surface area (Å²) in [4.78, 5) is 0. The average Bonchev–Trinajstić information content (AvgIpc) is 2.85. The molecule has 0 atom stereocenters. The van der Waals surface area contributed by atoms with Gasteiger partial charge in [-0.3, -0.25) is 0 Å². The van der Waals surface area contributed by atoms with Gasteiger partial charge in [-0.15, -0.1) is 0 Å². The fraction of sp³-hybridized carbons (Fsp3) is 0.333. The number of aryl methyl sites for hydroxylation is 2. The van der Waals surface area contributed by atoms with Crippen molar-refractivity contribution in [2.24, 2.45) is 0 Å². The lowest BCUT2D eigenvalue weighted by Crippen LogP contribution is -2.03. The SMILES string of the molecule is CC.Cc1cc(-n2c(C(C)C)c(C)c3cc(F)ccc32)ccc1F. The van der Waals surface area contributed by atoms with Crippen LogP contribution in [0.25, 0.3) is 16.6 Å². The van der Waals surface area contributed by atoms with E-state index in [1.54, 1.807) is 25.1 Å². The lowest BCUT2D eigenvalue weighted by Gasteiger charge is -2.15. The smallest absolute Gasteiger partial charge is 0.126 e. The third-order valence-corrected chi connectivity index (χ3v) is 4.18. The van der Waals surface area contributed by atoms with E-state index in [0.29, 0.717) is 5.56 Å². The predicted molar refractivity (Wildman–Crippen MR) is 98.1 cm³/mol. The van der Waals surface area contributed by atoms with Gasteiger partial charge in [-0.25, -0.2) is 8.78 Å². The summed E-state index contributed by atoms with van der Waals surface area (Å²) in [6.07, 6.45) is 0. The summed E-state index contributed by atoms with van der Waals surface area (Å²) in [7, 11) is 0. The molecule has 128 valence electrons. The predicted octanol–water partition coefficient (Wildman–Crippen LogP) is 6.68. The number of hydrogen-bond acceptors (Lipinski definition) is 0. The molecule has 0 spiro atoms. The van der Waals surface area contributed by atoms with E-state index in [1.165, 1.54) is 12.1 Å². The van der Waals surface area contributed by atoms with Gasteiger partial charge in [-0.1, -0.05) is 27.7 Å². The summed E-state index contributed by atoms with van der Waals surface area (Å²) >= 11 is 0. The molecule has 0 aliphatic rings. The van der Waals surface area contributed by atoms with Crippen molar-refractivity contribution >= 4 is 10.9 Å². The second kappa shape index (κ2) is 7.16. The van der Waals surface area contributed by atoms with E-state index in [2.05, 4.69) is 18.4 Å². The van der Waals surface area contributed by atoms with Crippen molar-refractivity contribution in [2.75, 3.05) is 0 Å². The first-order valence-corrected chi connectivity index (χ1v) is 8.47. The number of rotatable bonds is 2. The molecule has 1 nitrogen and oxygen atoms in total.